The molecule has 5 nitrogen and oxygen atoms in total. The van der Waals surface area contributed by atoms with E-state index in [2.05, 4.69) is 15.3 Å². The number of halogens is 1. The maximum absolute atomic E-state index is 8.87. The number of hydrogen-bond acceptors (Lipinski definition) is 5. The summed E-state index contributed by atoms with van der Waals surface area (Å²) in [7, 11) is 0. The highest BCUT2D eigenvalue weighted by Crippen LogP contribution is 2.30. The molecule has 2 N–H and O–H groups in total. The molecule has 0 amide bonds. The largest absolute Gasteiger partial charge is 0.450 e. The van der Waals surface area contributed by atoms with Crippen molar-refractivity contribution in [1.82, 2.24) is 9.97 Å². The van der Waals surface area contributed by atoms with Gasteiger partial charge in [-0.15, -0.1) is 12.4 Å². The topological polar surface area (TPSA) is 71.2 Å². The van der Waals surface area contributed by atoms with Gasteiger partial charge in [0, 0.05) is 11.9 Å². The van der Waals surface area contributed by atoms with Crippen LogP contribution in [0.15, 0.2) is 28.7 Å². The van der Waals surface area contributed by atoms with Crippen molar-refractivity contribution in [3.63, 3.8) is 0 Å². The number of hydrogen-bond donors (Lipinski definition) is 2. The zero-order chi connectivity index (χ0) is 12.5. The number of aliphatic hydroxyl groups excluding tert-OH is 1. The maximum atomic E-state index is 8.87. The van der Waals surface area contributed by atoms with E-state index in [9.17, 15) is 0 Å². The van der Waals surface area contributed by atoms with Gasteiger partial charge in [0.15, 0.2) is 11.4 Å². The van der Waals surface area contributed by atoms with Gasteiger partial charge in [-0.25, -0.2) is 9.97 Å². The molecule has 0 spiro atoms. The highest BCUT2D eigenvalue weighted by Gasteiger charge is 2.13. The van der Waals surface area contributed by atoms with Crippen LogP contribution in [0.25, 0.3) is 22.1 Å². The van der Waals surface area contributed by atoms with E-state index in [1.54, 1.807) is 0 Å². The van der Waals surface area contributed by atoms with Gasteiger partial charge in [0.1, 0.15) is 16.9 Å². The van der Waals surface area contributed by atoms with Gasteiger partial charge in [-0.2, -0.15) is 0 Å². The van der Waals surface area contributed by atoms with Gasteiger partial charge in [-0.1, -0.05) is 12.1 Å². The maximum Gasteiger partial charge on any atom is 0.196 e. The Morgan fingerprint density at radius 2 is 2.05 bits per heavy atom. The van der Waals surface area contributed by atoms with Gasteiger partial charge in [-0.05, 0) is 19.1 Å². The summed E-state index contributed by atoms with van der Waals surface area (Å²) in [5.41, 5.74) is 2.23. The lowest BCUT2D eigenvalue weighted by Gasteiger charge is -2.04. The summed E-state index contributed by atoms with van der Waals surface area (Å²) in [6.07, 6.45) is 0. The second-order valence-corrected chi connectivity index (χ2v) is 4.05. The lowest BCUT2D eigenvalue weighted by Crippen LogP contribution is -2.08. The number of furan rings is 1. The summed E-state index contributed by atoms with van der Waals surface area (Å²) >= 11 is 0. The Morgan fingerprint density at radius 1 is 1.26 bits per heavy atom. The zero-order valence-corrected chi connectivity index (χ0v) is 11.2. The van der Waals surface area contributed by atoms with E-state index >= 15 is 0 Å². The third-order valence-electron chi connectivity index (χ3n) is 2.74. The number of rotatable bonds is 3. The highest BCUT2D eigenvalue weighted by molar-refractivity contribution is 6.05. The molecule has 2 heterocycles. The number of benzene rings is 1. The molecule has 100 valence electrons. The van der Waals surface area contributed by atoms with Crippen LogP contribution < -0.4 is 5.32 Å². The van der Waals surface area contributed by atoms with Crippen molar-refractivity contribution < 1.29 is 9.52 Å². The molecule has 0 fully saturated rings. The van der Waals surface area contributed by atoms with Gasteiger partial charge < -0.3 is 14.8 Å². The van der Waals surface area contributed by atoms with Crippen molar-refractivity contribution in [2.24, 2.45) is 0 Å². The number of aryl methyl sites for hydroxylation is 1. The SMILES string of the molecule is Cc1nc(NCCO)c2oc3ccccc3c2n1.Cl. The van der Waals surface area contributed by atoms with Gasteiger partial charge in [0.05, 0.1) is 6.61 Å². The van der Waals surface area contributed by atoms with E-state index < -0.39 is 0 Å². The van der Waals surface area contributed by atoms with E-state index in [1.165, 1.54) is 0 Å². The Kier molecular flexibility index (Phi) is 3.87. The van der Waals surface area contributed by atoms with Crippen molar-refractivity contribution >= 4 is 40.3 Å². The minimum Gasteiger partial charge on any atom is -0.450 e. The number of aromatic nitrogens is 2. The minimum atomic E-state index is 0. The predicted molar refractivity (Wildman–Crippen MR) is 76.9 cm³/mol. The smallest absolute Gasteiger partial charge is 0.196 e. The molecule has 0 saturated heterocycles. The molecular formula is C13H14ClN3O2. The van der Waals surface area contributed by atoms with E-state index in [-0.39, 0.29) is 19.0 Å². The van der Waals surface area contributed by atoms with E-state index in [0.717, 1.165) is 16.5 Å². The number of aliphatic hydroxyl groups is 1. The number of anilines is 1. The number of nitrogens with zero attached hydrogens (tertiary/aromatic N) is 2. The number of fused-ring (bicyclic) bond motifs is 3. The molecule has 0 unspecified atom stereocenters. The van der Waals surface area contributed by atoms with E-state index in [4.69, 9.17) is 9.52 Å². The van der Waals surface area contributed by atoms with Crippen LogP contribution >= 0.6 is 12.4 Å². The average Bonchev–Trinajstić information content (AvgIpc) is 2.75. The molecule has 0 aliphatic heterocycles. The fourth-order valence-electron chi connectivity index (χ4n) is 2.00. The molecule has 3 aromatic rings. The number of nitrogens with one attached hydrogen (secondary N) is 1. The van der Waals surface area contributed by atoms with Crippen molar-refractivity contribution in [2.45, 2.75) is 6.92 Å². The lowest BCUT2D eigenvalue weighted by molar-refractivity contribution is 0.311. The van der Waals surface area contributed by atoms with Crippen LogP contribution in [0.1, 0.15) is 5.82 Å². The standard InChI is InChI=1S/C13H13N3O2.ClH/c1-8-15-11-9-4-2-3-5-10(9)18-12(11)13(16-8)14-6-7-17;/h2-5,17H,6-7H2,1H3,(H,14,15,16);1H. The van der Waals surface area contributed by atoms with Crippen LogP contribution in [0.2, 0.25) is 0 Å². The molecule has 1 aromatic carbocycles. The third-order valence-corrected chi connectivity index (χ3v) is 2.74. The first-order valence-corrected chi connectivity index (χ1v) is 5.80. The van der Waals surface area contributed by atoms with Crippen LogP contribution in [-0.4, -0.2) is 28.2 Å². The molecule has 0 aliphatic carbocycles. The van der Waals surface area contributed by atoms with Crippen molar-refractivity contribution in [2.75, 3.05) is 18.5 Å². The predicted octanol–water partition coefficient (Wildman–Crippen LogP) is 2.51. The second-order valence-electron chi connectivity index (χ2n) is 4.05. The van der Waals surface area contributed by atoms with Gasteiger partial charge in [-0.3, -0.25) is 0 Å². The summed E-state index contributed by atoms with van der Waals surface area (Å²) in [5, 5.41) is 12.9. The summed E-state index contributed by atoms with van der Waals surface area (Å²) in [6, 6.07) is 7.76. The fraction of sp³-hybridized carbons (Fsp3) is 0.231. The molecule has 0 aliphatic rings. The number of para-hydroxylation sites is 1. The molecule has 0 radical (unpaired) electrons. The van der Waals surface area contributed by atoms with E-state index in [0.29, 0.717) is 23.8 Å². The molecule has 6 heteroatoms. The second kappa shape index (κ2) is 5.42. The summed E-state index contributed by atoms with van der Waals surface area (Å²) in [5.74, 6) is 1.30. The third kappa shape index (κ3) is 2.34. The summed E-state index contributed by atoms with van der Waals surface area (Å²) in [6.45, 7) is 2.32. The van der Waals surface area contributed by atoms with Crippen LogP contribution in [-0.2, 0) is 0 Å². The molecule has 0 saturated carbocycles. The van der Waals surface area contributed by atoms with Crippen LogP contribution in [0.5, 0.6) is 0 Å². The summed E-state index contributed by atoms with van der Waals surface area (Å²) < 4.78 is 5.77. The quantitative estimate of drug-likeness (QED) is 0.771. The Labute approximate surface area is 116 Å². The Bertz CT molecular complexity index is 711. The molecule has 19 heavy (non-hydrogen) atoms. The van der Waals surface area contributed by atoms with Crippen LogP contribution in [0.3, 0.4) is 0 Å². The van der Waals surface area contributed by atoms with E-state index in [1.807, 2.05) is 31.2 Å². The van der Waals surface area contributed by atoms with Crippen LogP contribution in [0.4, 0.5) is 5.82 Å². The first-order chi connectivity index (χ1) is 8.79. The zero-order valence-electron chi connectivity index (χ0n) is 10.4. The van der Waals surface area contributed by atoms with Gasteiger partial charge in [0.2, 0.25) is 0 Å². The average molecular weight is 280 g/mol. The normalized spacial score (nSPS) is 10.6. The molecule has 3 rings (SSSR count). The van der Waals surface area contributed by atoms with Crippen molar-refractivity contribution in [1.29, 1.82) is 0 Å². The molecular weight excluding hydrogens is 266 g/mol. The summed E-state index contributed by atoms with van der Waals surface area (Å²) in [4.78, 5) is 8.73. The van der Waals surface area contributed by atoms with Crippen molar-refractivity contribution in [3.05, 3.63) is 30.1 Å². The van der Waals surface area contributed by atoms with Crippen LogP contribution in [0, 0.1) is 6.92 Å². The molecule has 0 atom stereocenters. The Balaban J connectivity index is 0.00000133. The molecule has 2 aromatic heterocycles. The van der Waals surface area contributed by atoms with Gasteiger partial charge in [0.25, 0.3) is 0 Å². The lowest BCUT2D eigenvalue weighted by atomic mass is 10.2. The molecule has 0 bridgehead atoms. The monoisotopic (exact) mass is 279 g/mol. The highest BCUT2D eigenvalue weighted by atomic mass is 35.5. The first kappa shape index (κ1) is 13.6. The van der Waals surface area contributed by atoms with Crippen molar-refractivity contribution in [3.8, 4) is 0 Å². The Morgan fingerprint density at radius 3 is 2.84 bits per heavy atom. The minimum absolute atomic E-state index is 0. The van der Waals surface area contributed by atoms with Gasteiger partial charge >= 0.3 is 0 Å². The first-order valence-electron chi connectivity index (χ1n) is 5.80. The Hall–Kier alpha value is -1.85. The fourth-order valence-corrected chi connectivity index (χ4v) is 2.00.